The summed E-state index contributed by atoms with van der Waals surface area (Å²) < 4.78 is 5.30. The average molecular weight is 232 g/mol. The summed E-state index contributed by atoms with van der Waals surface area (Å²) in [5.74, 6) is 1.20. The van der Waals surface area contributed by atoms with Crippen molar-refractivity contribution in [3.05, 3.63) is 17.8 Å². The predicted molar refractivity (Wildman–Crippen MR) is 65.4 cm³/mol. The first kappa shape index (κ1) is 11.7. The Balaban J connectivity index is 1.96. The number of ether oxygens (including phenoxy) is 1. The third-order valence-corrected chi connectivity index (χ3v) is 3.01. The zero-order valence-corrected chi connectivity index (χ0v) is 9.65. The van der Waals surface area contributed by atoms with Crippen LogP contribution in [0.5, 0.6) is 0 Å². The van der Waals surface area contributed by atoms with Gasteiger partial charge in [0.25, 0.3) is 0 Å². The molecule has 0 unspecified atom stereocenters. The smallest absolute Gasteiger partial charge is 0.150 e. The van der Waals surface area contributed by atoms with Gasteiger partial charge in [-0.25, -0.2) is 4.98 Å². The molecule has 1 aromatic rings. The van der Waals surface area contributed by atoms with Crippen LogP contribution < -0.4 is 11.1 Å². The second kappa shape index (κ2) is 5.51. The summed E-state index contributed by atoms with van der Waals surface area (Å²) in [6, 6.07) is 3.67. The van der Waals surface area contributed by atoms with Crippen molar-refractivity contribution in [1.82, 2.24) is 4.98 Å². The maximum Gasteiger partial charge on any atom is 0.150 e. The van der Waals surface area contributed by atoms with Crippen molar-refractivity contribution in [2.75, 3.05) is 30.8 Å². The van der Waals surface area contributed by atoms with Crippen molar-refractivity contribution in [3.8, 4) is 6.07 Å². The van der Waals surface area contributed by atoms with Crippen molar-refractivity contribution >= 4 is 11.5 Å². The molecule has 1 fully saturated rings. The van der Waals surface area contributed by atoms with E-state index < -0.39 is 0 Å². The van der Waals surface area contributed by atoms with Gasteiger partial charge in [-0.3, -0.25) is 0 Å². The van der Waals surface area contributed by atoms with E-state index in [4.69, 9.17) is 15.7 Å². The summed E-state index contributed by atoms with van der Waals surface area (Å²) in [6.07, 6.45) is 3.72. The summed E-state index contributed by atoms with van der Waals surface area (Å²) in [5, 5.41) is 12.1. The maximum atomic E-state index is 8.86. The molecule has 2 rings (SSSR count). The average Bonchev–Trinajstić information content (AvgIpc) is 2.39. The molecular formula is C12H16N4O. The van der Waals surface area contributed by atoms with Crippen LogP contribution in [0, 0.1) is 17.2 Å². The van der Waals surface area contributed by atoms with E-state index in [2.05, 4.69) is 10.3 Å². The molecule has 0 atom stereocenters. The number of nitrogens with zero attached hydrogens (tertiary/aromatic N) is 2. The van der Waals surface area contributed by atoms with Crippen molar-refractivity contribution in [2.24, 2.45) is 5.92 Å². The zero-order valence-electron chi connectivity index (χ0n) is 9.65. The highest BCUT2D eigenvalue weighted by atomic mass is 16.5. The van der Waals surface area contributed by atoms with Gasteiger partial charge in [-0.1, -0.05) is 0 Å². The number of rotatable bonds is 3. The molecule has 17 heavy (non-hydrogen) atoms. The van der Waals surface area contributed by atoms with Crippen LogP contribution in [0.2, 0.25) is 0 Å². The number of nitrogens with one attached hydrogen (secondary N) is 1. The van der Waals surface area contributed by atoms with E-state index >= 15 is 0 Å². The topological polar surface area (TPSA) is 84.0 Å². The van der Waals surface area contributed by atoms with Crippen molar-refractivity contribution in [3.63, 3.8) is 0 Å². The Morgan fingerprint density at radius 3 is 3.00 bits per heavy atom. The number of pyridine rings is 1. The molecule has 1 saturated heterocycles. The van der Waals surface area contributed by atoms with Crippen molar-refractivity contribution in [2.45, 2.75) is 12.8 Å². The maximum absolute atomic E-state index is 8.86. The highest BCUT2D eigenvalue weighted by molar-refractivity contribution is 5.68. The number of hydrogen-bond acceptors (Lipinski definition) is 5. The number of nitriles is 1. The van der Waals surface area contributed by atoms with E-state index in [1.807, 2.05) is 6.07 Å². The van der Waals surface area contributed by atoms with Crippen molar-refractivity contribution < 1.29 is 4.74 Å². The highest BCUT2D eigenvalue weighted by Crippen LogP contribution is 2.21. The Hall–Kier alpha value is -1.80. The van der Waals surface area contributed by atoms with E-state index in [0.29, 0.717) is 23.0 Å². The van der Waals surface area contributed by atoms with E-state index in [-0.39, 0.29) is 0 Å². The molecule has 0 saturated carbocycles. The lowest BCUT2D eigenvalue weighted by atomic mass is 10.0. The Kier molecular flexibility index (Phi) is 3.78. The number of anilines is 2. The fraction of sp³-hybridized carbons (Fsp3) is 0.500. The Labute approximate surface area is 101 Å². The van der Waals surface area contributed by atoms with Crippen molar-refractivity contribution in [1.29, 1.82) is 5.26 Å². The minimum absolute atomic E-state index is 0.432. The van der Waals surface area contributed by atoms with E-state index in [1.54, 1.807) is 12.3 Å². The molecule has 3 N–H and O–H groups in total. The molecule has 1 aromatic heterocycles. The molecule has 0 amide bonds. The molecule has 1 aliphatic rings. The molecule has 2 heterocycles. The van der Waals surface area contributed by atoms with Gasteiger partial charge in [0.1, 0.15) is 6.07 Å². The van der Waals surface area contributed by atoms with Crippen LogP contribution in [-0.2, 0) is 4.74 Å². The molecule has 0 aromatic carbocycles. The van der Waals surface area contributed by atoms with Crippen LogP contribution in [0.25, 0.3) is 0 Å². The largest absolute Gasteiger partial charge is 0.395 e. The number of hydrogen-bond donors (Lipinski definition) is 2. The SMILES string of the molecule is N#Cc1ccnc(NCC2CCOCC2)c1N. The summed E-state index contributed by atoms with van der Waals surface area (Å²) >= 11 is 0. The lowest BCUT2D eigenvalue weighted by molar-refractivity contribution is 0.0699. The van der Waals surface area contributed by atoms with E-state index in [9.17, 15) is 0 Å². The van der Waals surface area contributed by atoms with E-state index in [1.165, 1.54) is 0 Å². The van der Waals surface area contributed by atoms with Crippen LogP contribution in [0.3, 0.4) is 0 Å². The second-order valence-electron chi connectivity index (χ2n) is 4.17. The lowest BCUT2D eigenvalue weighted by Crippen LogP contribution is -2.23. The number of nitrogen functional groups attached to an aromatic ring is 1. The van der Waals surface area contributed by atoms with Gasteiger partial charge in [0.05, 0.1) is 11.3 Å². The molecule has 0 aliphatic carbocycles. The minimum Gasteiger partial charge on any atom is -0.395 e. The fourth-order valence-corrected chi connectivity index (χ4v) is 1.90. The normalized spacial score (nSPS) is 16.4. The summed E-state index contributed by atoms with van der Waals surface area (Å²) in [7, 11) is 0. The minimum atomic E-state index is 0.432. The first-order valence-electron chi connectivity index (χ1n) is 5.77. The van der Waals surface area contributed by atoms with Crippen LogP contribution in [-0.4, -0.2) is 24.7 Å². The fourth-order valence-electron chi connectivity index (χ4n) is 1.90. The summed E-state index contributed by atoms with van der Waals surface area (Å²) in [4.78, 5) is 4.15. The van der Waals surface area contributed by atoms with Gasteiger partial charge in [-0.05, 0) is 24.8 Å². The number of nitrogens with two attached hydrogens (primary N) is 1. The van der Waals surface area contributed by atoms with Crippen LogP contribution in [0.15, 0.2) is 12.3 Å². The molecule has 90 valence electrons. The summed E-state index contributed by atoms with van der Waals surface area (Å²) in [6.45, 7) is 2.48. The molecule has 5 heteroatoms. The van der Waals surface area contributed by atoms with Gasteiger partial charge in [0, 0.05) is 26.0 Å². The van der Waals surface area contributed by atoms with Gasteiger partial charge in [0.2, 0.25) is 0 Å². The first-order chi connectivity index (χ1) is 8.31. The van der Waals surface area contributed by atoms with Crippen LogP contribution in [0.1, 0.15) is 18.4 Å². The lowest BCUT2D eigenvalue weighted by Gasteiger charge is -2.22. The predicted octanol–water partition coefficient (Wildman–Crippen LogP) is 1.37. The molecule has 5 nitrogen and oxygen atoms in total. The van der Waals surface area contributed by atoms with Gasteiger partial charge in [-0.15, -0.1) is 0 Å². The molecule has 0 spiro atoms. The molecule has 0 radical (unpaired) electrons. The zero-order chi connectivity index (χ0) is 12.1. The van der Waals surface area contributed by atoms with Gasteiger partial charge < -0.3 is 15.8 Å². The van der Waals surface area contributed by atoms with Gasteiger partial charge in [-0.2, -0.15) is 5.26 Å². The monoisotopic (exact) mass is 232 g/mol. The summed E-state index contributed by atoms with van der Waals surface area (Å²) in [5.41, 5.74) is 6.74. The molecule has 0 bridgehead atoms. The first-order valence-corrected chi connectivity index (χ1v) is 5.77. The standard InChI is InChI=1S/C12H16N4O/c13-7-10-1-4-15-12(11(10)14)16-8-9-2-5-17-6-3-9/h1,4,9H,2-3,5-6,8,14H2,(H,15,16). The quantitative estimate of drug-likeness (QED) is 0.822. The Morgan fingerprint density at radius 1 is 1.53 bits per heavy atom. The second-order valence-corrected chi connectivity index (χ2v) is 4.17. The Morgan fingerprint density at radius 2 is 2.29 bits per heavy atom. The number of aromatic nitrogens is 1. The van der Waals surface area contributed by atoms with Gasteiger partial charge in [0.15, 0.2) is 5.82 Å². The third kappa shape index (κ3) is 2.86. The third-order valence-electron chi connectivity index (χ3n) is 3.01. The van der Waals surface area contributed by atoms with Crippen LogP contribution in [0.4, 0.5) is 11.5 Å². The van der Waals surface area contributed by atoms with Gasteiger partial charge >= 0.3 is 0 Å². The molecular weight excluding hydrogens is 216 g/mol. The highest BCUT2D eigenvalue weighted by Gasteiger charge is 2.14. The Bertz CT molecular complexity index is 421. The molecule has 1 aliphatic heterocycles. The van der Waals surface area contributed by atoms with Crippen LogP contribution >= 0.6 is 0 Å². The van der Waals surface area contributed by atoms with E-state index in [0.717, 1.165) is 32.6 Å².